The van der Waals surface area contributed by atoms with Crippen LogP contribution in [-0.4, -0.2) is 62.5 Å². The van der Waals surface area contributed by atoms with E-state index in [4.69, 9.17) is 9.47 Å². The van der Waals surface area contributed by atoms with Crippen LogP contribution in [0.4, 0.5) is 0 Å². The third-order valence-electron chi connectivity index (χ3n) is 3.19. The topological polar surface area (TPSA) is 33.7 Å². The molecule has 2 heterocycles. The minimum atomic E-state index is 0.366. The first kappa shape index (κ1) is 11.3. The van der Waals surface area contributed by atoms with Crippen LogP contribution in [0.25, 0.3) is 0 Å². The Hall–Kier alpha value is -0.160. The van der Waals surface area contributed by atoms with Crippen molar-refractivity contribution in [3.05, 3.63) is 0 Å². The van der Waals surface area contributed by atoms with Gasteiger partial charge in [0.2, 0.25) is 0 Å². The molecule has 2 rings (SSSR count). The Morgan fingerprint density at radius 3 is 2.93 bits per heavy atom. The average molecular weight is 214 g/mol. The lowest BCUT2D eigenvalue weighted by molar-refractivity contribution is -0.0577. The molecule has 0 aromatic carbocycles. The Morgan fingerprint density at radius 2 is 2.20 bits per heavy atom. The quantitative estimate of drug-likeness (QED) is 0.706. The maximum atomic E-state index is 5.62. The van der Waals surface area contributed by atoms with Crippen LogP contribution in [0.2, 0.25) is 0 Å². The van der Waals surface area contributed by atoms with Gasteiger partial charge in [-0.2, -0.15) is 0 Å². The maximum absolute atomic E-state index is 5.62. The largest absolute Gasteiger partial charge is 0.378 e. The van der Waals surface area contributed by atoms with E-state index in [1.165, 1.54) is 0 Å². The Bertz CT molecular complexity index is 195. The van der Waals surface area contributed by atoms with Crippen molar-refractivity contribution in [3.63, 3.8) is 0 Å². The second-order valence-electron chi connectivity index (χ2n) is 4.67. The molecule has 4 heteroatoms. The summed E-state index contributed by atoms with van der Waals surface area (Å²) in [5.41, 5.74) is 0. The molecule has 3 unspecified atom stereocenters. The van der Waals surface area contributed by atoms with Crippen LogP contribution in [0, 0.1) is 0 Å². The highest BCUT2D eigenvalue weighted by molar-refractivity contribution is 4.81. The number of morpholine rings is 2. The van der Waals surface area contributed by atoms with E-state index in [0.29, 0.717) is 18.2 Å². The standard InChI is InChI=1S/C11H22N2O2/c1-9-7-15-10(2)5-13(9)6-11-8-14-4-3-12-11/h9-12H,3-8H2,1-2H3. The van der Waals surface area contributed by atoms with Gasteiger partial charge in [-0.25, -0.2) is 0 Å². The number of nitrogens with zero attached hydrogens (tertiary/aromatic N) is 1. The van der Waals surface area contributed by atoms with Gasteiger partial charge in [-0.3, -0.25) is 4.90 Å². The summed E-state index contributed by atoms with van der Waals surface area (Å²) in [4.78, 5) is 2.50. The molecule has 88 valence electrons. The van der Waals surface area contributed by atoms with Crippen LogP contribution in [0.5, 0.6) is 0 Å². The first-order valence-corrected chi connectivity index (χ1v) is 5.92. The number of hydrogen-bond acceptors (Lipinski definition) is 4. The number of hydrogen-bond donors (Lipinski definition) is 1. The highest BCUT2D eigenvalue weighted by Gasteiger charge is 2.26. The smallest absolute Gasteiger partial charge is 0.0674 e. The SMILES string of the molecule is CC1CN(CC2COCCN2)C(C)CO1. The van der Waals surface area contributed by atoms with Crippen LogP contribution in [0.15, 0.2) is 0 Å². The molecule has 15 heavy (non-hydrogen) atoms. The molecule has 0 radical (unpaired) electrons. The Morgan fingerprint density at radius 1 is 1.33 bits per heavy atom. The summed E-state index contributed by atoms with van der Waals surface area (Å²) in [7, 11) is 0. The molecule has 3 atom stereocenters. The summed E-state index contributed by atoms with van der Waals surface area (Å²) in [5.74, 6) is 0. The van der Waals surface area contributed by atoms with Crippen molar-refractivity contribution in [3.8, 4) is 0 Å². The van der Waals surface area contributed by atoms with Gasteiger partial charge in [0, 0.05) is 31.7 Å². The van der Waals surface area contributed by atoms with Crippen molar-refractivity contribution in [1.82, 2.24) is 10.2 Å². The zero-order valence-electron chi connectivity index (χ0n) is 9.74. The molecule has 0 aromatic rings. The van der Waals surface area contributed by atoms with Gasteiger partial charge in [-0.1, -0.05) is 0 Å². The summed E-state index contributed by atoms with van der Waals surface area (Å²) in [6.07, 6.45) is 0.366. The van der Waals surface area contributed by atoms with E-state index in [1.54, 1.807) is 0 Å². The minimum absolute atomic E-state index is 0.366. The fourth-order valence-electron chi connectivity index (χ4n) is 2.25. The van der Waals surface area contributed by atoms with E-state index in [-0.39, 0.29) is 0 Å². The van der Waals surface area contributed by atoms with Gasteiger partial charge >= 0.3 is 0 Å². The van der Waals surface area contributed by atoms with Crippen molar-refractivity contribution in [2.24, 2.45) is 0 Å². The number of rotatable bonds is 2. The van der Waals surface area contributed by atoms with Crippen molar-refractivity contribution in [2.45, 2.75) is 32.0 Å². The predicted molar refractivity (Wildman–Crippen MR) is 59.1 cm³/mol. The first-order valence-electron chi connectivity index (χ1n) is 5.92. The molecule has 0 aliphatic carbocycles. The second-order valence-corrected chi connectivity index (χ2v) is 4.67. The van der Waals surface area contributed by atoms with E-state index < -0.39 is 0 Å². The van der Waals surface area contributed by atoms with Crippen LogP contribution in [-0.2, 0) is 9.47 Å². The van der Waals surface area contributed by atoms with Gasteiger partial charge < -0.3 is 14.8 Å². The Balaban J connectivity index is 1.80. The van der Waals surface area contributed by atoms with E-state index in [9.17, 15) is 0 Å². The molecule has 0 bridgehead atoms. The van der Waals surface area contributed by atoms with E-state index in [0.717, 1.165) is 39.5 Å². The van der Waals surface area contributed by atoms with Crippen LogP contribution in [0.1, 0.15) is 13.8 Å². The monoisotopic (exact) mass is 214 g/mol. The summed E-state index contributed by atoms with van der Waals surface area (Å²) in [5, 5.41) is 3.49. The molecule has 0 saturated carbocycles. The highest BCUT2D eigenvalue weighted by Crippen LogP contribution is 2.12. The van der Waals surface area contributed by atoms with Gasteiger partial charge in [0.1, 0.15) is 0 Å². The van der Waals surface area contributed by atoms with Gasteiger partial charge in [0.05, 0.1) is 25.9 Å². The predicted octanol–water partition coefficient (Wildman–Crippen LogP) is 0.0840. The normalized spacial score (nSPS) is 39.2. The Labute approximate surface area is 91.9 Å². The molecule has 0 spiro atoms. The lowest BCUT2D eigenvalue weighted by Crippen LogP contribution is -2.55. The summed E-state index contributed by atoms with van der Waals surface area (Å²) < 4.78 is 11.1. The van der Waals surface area contributed by atoms with E-state index in [1.807, 2.05) is 0 Å². The average Bonchev–Trinajstić information content (AvgIpc) is 2.25. The lowest BCUT2D eigenvalue weighted by Gasteiger charge is -2.39. The minimum Gasteiger partial charge on any atom is -0.378 e. The van der Waals surface area contributed by atoms with Crippen LogP contribution in [0.3, 0.4) is 0 Å². The molecule has 2 saturated heterocycles. The van der Waals surface area contributed by atoms with Crippen LogP contribution < -0.4 is 5.32 Å². The van der Waals surface area contributed by atoms with Crippen molar-refractivity contribution in [2.75, 3.05) is 39.5 Å². The molecule has 2 fully saturated rings. The van der Waals surface area contributed by atoms with Crippen molar-refractivity contribution >= 4 is 0 Å². The summed E-state index contributed by atoms with van der Waals surface area (Å²) >= 11 is 0. The molecular weight excluding hydrogens is 192 g/mol. The zero-order valence-corrected chi connectivity index (χ0v) is 9.74. The molecular formula is C11H22N2O2. The summed E-state index contributed by atoms with van der Waals surface area (Å²) in [6.45, 7) is 10.0. The number of nitrogens with one attached hydrogen (secondary N) is 1. The Kier molecular flexibility index (Phi) is 3.97. The van der Waals surface area contributed by atoms with Crippen molar-refractivity contribution < 1.29 is 9.47 Å². The summed E-state index contributed by atoms with van der Waals surface area (Å²) in [6, 6.07) is 1.02. The van der Waals surface area contributed by atoms with E-state index in [2.05, 4.69) is 24.1 Å². The molecule has 2 aliphatic rings. The van der Waals surface area contributed by atoms with E-state index >= 15 is 0 Å². The molecule has 1 N–H and O–H groups in total. The zero-order chi connectivity index (χ0) is 10.7. The fraction of sp³-hybridized carbons (Fsp3) is 1.00. The second kappa shape index (κ2) is 5.25. The van der Waals surface area contributed by atoms with Gasteiger partial charge in [0.25, 0.3) is 0 Å². The highest BCUT2D eigenvalue weighted by atomic mass is 16.5. The molecule has 4 nitrogen and oxygen atoms in total. The first-order chi connectivity index (χ1) is 7.25. The molecule has 2 aliphatic heterocycles. The van der Waals surface area contributed by atoms with Gasteiger partial charge in [-0.15, -0.1) is 0 Å². The van der Waals surface area contributed by atoms with Gasteiger partial charge in [0.15, 0.2) is 0 Å². The van der Waals surface area contributed by atoms with Crippen LogP contribution >= 0.6 is 0 Å². The maximum Gasteiger partial charge on any atom is 0.0674 e. The number of ether oxygens (including phenoxy) is 2. The van der Waals surface area contributed by atoms with Gasteiger partial charge in [-0.05, 0) is 13.8 Å². The third-order valence-corrected chi connectivity index (χ3v) is 3.19. The molecule has 0 amide bonds. The third kappa shape index (κ3) is 3.14. The fourth-order valence-corrected chi connectivity index (χ4v) is 2.25. The molecule has 0 aromatic heterocycles. The lowest BCUT2D eigenvalue weighted by atomic mass is 10.1. The van der Waals surface area contributed by atoms with Crippen molar-refractivity contribution in [1.29, 1.82) is 0 Å².